The summed E-state index contributed by atoms with van der Waals surface area (Å²) in [6.07, 6.45) is 3.01. The van der Waals surface area contributed by atoms with E-state index in [1.54, 1.807) is 0 Å². The summed E-state index contributed by atoms with van der Waals surface area (Å²) in [4.78, 5) is 20.9. The summed E-state index contributed by atoms with van der Waals surface area (Å²) in [5.74, 6) is 2.28. The molecule has 1 aromatic carbocycles. The zero-order chi connectivity index (χ0) is 19.1. The Morgan fingerprint density at radius 2 is 1.96 bits per heavy atom. The van der Waals surface area contributed by atoms with Crippen molar-refractivity contribution in [2.24, 2.45) is 10.9 Å². The fourth-order valence-electron chi connectivity index (χ4n) is 3.10. The Bertz CT molecular complexity index is 799. The molecule has 0 spiro atoms. The van der Waals surface area contributed by atoms with E-state index in [2.05, 4.69) is 36.6 Å². The van der Waals surface area contributed by atoms with Crippen molar-refractivity contribution in [1.29, 1.82) is 0 Å². The maximum Gasteiger partial charge on any atom is 0.223 e. The minimum absolute atomic E-state index is 0. The highest BCUT2D eigenvalue weighted by molar-refractivity contribution is 14.0. The van der Waals surface area contributed by atoms with Crippen LogP contribution in [0, 0.1) is 12.8 Å². The number of halogens is 1. The van der Waals surface area contributed by atoms with Crippen LogP contribution in [0.15, 0.2) is 29.3 Å². The molecule has 0 atom stereocenters. The van der Waals surface area contributed by atoms with Crippen molar-refractivity contribution in [3.05, 3.63) is 30.1 Å². The summed E-state index contributed by atoms with van der Waals surface area (Å²) < 4.78 is 2.25. The Morgan fingerprint density at radius 1 is 1.21 bits per heavy atom. The molecule has 3 N–H and O–H groups in total. The van der Waals surface area contributed by atoms with Crippen LogP contribution >= 0.6 is 24.0 Å². The van der Waals surface area contributed by atoms with Crippen LogP contribution < -0.4 is 16.0 Å². The highest BCUT2D eigenvalue weighted by Gasteiger charge is 2.28. The fourth-order valence-corrected chi connectivity index (χ4v) is 3.10. The van der Waals surface area contributed by atoms with E-state index < -0.39 is 0 Å². The van der Waals surface area contributed by atoms with Crippen molar-refractivity contribution < 1.29 is 4.79 Å². The lowest BCUT2D eigenvalue weighted by Crippen LogP contribution is -2.41. The van der Waals surface area contributed by atoms with Crippen LogP contribution in [0.5, 0.6) is 0 Å². The van der Waals surface area contributed by atoms with E-state index in [1.165, 1.54) is 5.52 Å². The van der Waals surface area contributed by atoms with Gasteiger partial charge in [0.25, 0.3) is 0 Å². The summed E-state index contributed by atoms with van der Waals surface area (Å²) in [6, 6.07) is 8.23. The number of aromatic nitrogens is 2. The molecule has 154 valence electrons. The van der Waals surface area contributed by atoms with E-state index >= 15 is 0 Å². The Hall–Kier alpha value is -1.84. The number of fused-ring (bicyclic) bond motifs is 1. The summed E-state index contributed by atoms with van der Waals surface area (Å²) in [7, 11) is 0. The Kier molecular flexibility index (Phi) is 9.01. The van der Waals surface area contributed by atoms with E-state index in [-0.39, 0.29) is 35.8 Å². The lowest BCUT2D eigenvalue weighted by molar-refractivity contribution is -0.122. The minimum Gasteiger partial charge on any atom is -0.357 e. The zero-order valence-corrected chi connectivity index (χ0v) is 19.0. The van der Waals surface area contributed by atoms with Gasteiger partial charge in [0.2, 0.25) is 5.91 Å². The molecule has 0 radical (unpaired) electrons. The Balaban J connectivity index is 0.00000280. The number of aryl methyl sites for hydroxylation is 2. The van der Waals surface area contributed by atoms with Crippen LogP contribution in [-0.4, -0.2) is 47.6 Å². The number of nitrogens with one attached hydrogen (secondary N) is 3. The molecule has 1 aliphatic rings. The summed E-state index contributed by atoms with van der Waals surface area (Å²) >= 11 is 0. The molecule has 8 heteroatoms. The van der Waals surface area contributed by atoms with Gasteiger partial charge in [-0.3, -0.25) is 9.79 Å². The lowest BCUT2D eigenvalue weighted by Gasteiger charge is -2.12. The van der Waals surface area contributed by atoms with Crippen molar-refractivity contribution >= 4 is 46.9 Å². The van der Waals surface area contributed by atoms with E-state index in [1.807, 2.05) is 32.0 Å². The number of para-hydroxylation sites is 2. The van der Waals surface area contributed by atoms with Gasteiger partial charge in [-0.1, -0.05) is 12.1 Å². The first-order valence-electron chi connectivity index (χ1n) is 9.90. The smallest absolute Gasteiger partial charge is 0.223 e. The molecular formula is C20H31IN6O. The van der Waals surface area contributed by atoms with Gasteiger partial charge in [-0.25, -0.2) is 4.98 Å². The van der Waals surface area contributed by atoms with Crippen LogP contribution in [0.2, 0.25) is 0 Å². The molecule has 3 rings (SSSR count). The molecule has 0 saturated heterocycles. The van der Waals surface area contributed by atoms with Gasteiger partial charge < -0.3 is 20.5 Å². The monoisotopic (exact) mass is 498 g/mol. The summed E-state index contributed by atoms with van der Waals surface area (Å²) in [6.45, 7) is 7.83. The largest absolute Gasteiger partial charge is 0.357 e. The van der Waals surface area contributed by atoms with Gasteiger partial charge >= 0.3 is 0 Å². The number of amides is 1. The molecule has 1 saturated carbocycles. The second kappa shape index (κ2) is 11.2. The van der Waals surface area contributed by atoms with E-state index in [0.29, 0.717) is 13.1 Å². The number of imidazole rings is 1. The van der Waals surface area contributed by atoms with Gasteiger partial charge in [-0.15, -0.1) is 24.0 Å². The maximum atomic E-state index is 11.6. The number of hydrogen-bond acceptors (Lipinski definition) is 3. The number of carbonyl (C=O) groups is 1. The zero-order valence-electron chi connectivity index (χ0n) is 16.7. The number of guanidine groups is 1. The average Bonchev–Trinajstić information content (AvgIpc) is 3.46. The summed E-state index contributed by atoms with van der Waals surface area (Å²) in [5, 5.41) is 9.48. The SMILES string of the molecule is CCNC(=NCCCn1c(C)nc2ccccc21)NCCNC(=O)C1CC1.I. The number of rotatable bonds is 9. The molecule has 0 bridgehead atoms. The Morgan fingerprint density at radius 3 is 2.71 bits per heavy atom. The standard InChI is InChI=1S/C20H30N6O.HI/c1-3-21-20(24-13-12-22-19(27)16-9-10-16)23-11-6-14-26-15(2)25-17-7-4-5-8-18(17)26;/h4-5,7-8,16H,3,6,9-14H2,1-2H3,(H,22,27)(H2,21,23,24);1H. The van der Waals surface area contributed by atoms with Crippen LogP contribution in [0.25, 0.3) is 11.0 Å². The van der Waals surface area contributed by atoms with Crippen LogP contribution in [-0.2, 0) is 11.3 Å². The molecule has 0 unspecified atom stereocenters. The van der Waals surface area contributed by atoms with Crippen LogP contribution in [0.3, 0.4) is 0 Å². The van der Waals surface area contributed by atoms with Crippen molar-refractivity contribution in [1.82, 2.24) is 25.5 Å². The third-order valence-electron chi connectivity index (χ3n) is 4.66. The molecule has 2 aromatic rings. The quantitative estimate of drug-likeness (QED) is 0.215. The normalized spacial score (nSPS) is 13.9. The number of aliphatic imine (C=N–C) groups is 1. The molecule has 1 heterocycles. The van der Waals surface area contributed by atoms with E-state index in [4.69, 9.17) is 0 Å². The highest BCUT2D eigenvalue weighted by atomic mass is 127. The number of carbonyl (C=O) groups excluding carboxylic acids is 1. The van der Waals surface area contributed by atoms with E-state index in [9.17, 15) is 4.79 Å². The molecule has 7 nitrogen and oxygen atoms in total. The molecule has 0 aliphatic heterocycles. The van der Waals surface area contributed by atoms with Gasteiger partial charge in [0.1, 0.15) is 5.82 Å². The van der Waals surface area contributed by atoms with Crippen molar-refractivity contribution in [2.75, 3.05) is 26.2 Å². The van der Waals surface area contributed by atoms with Crippen LogP contribution in [0.1, 0.15) is 32.0 Å². The topological polar surface area (TPSA) is 83.3 Å². The second-order valence-electron chi connectivity index (χ2n) is 6.91. The number of benzene rings is 1. The number of hydrogen-bond donors (Lipinski definition) is 3. The molecule has 28 heavy (non-hydrogen) atoms. The summed E-state index contributed by atoms with van der Waals surface area (Å²) in [5.41, 5.74) is 2.22. The number of nitrogens with zero attached hydrogens (tertiary/aromatic N) is 3. The van der Waals surface area contributed by atoms with Gasteiger partial charge in [-0.2, -0.15) is 0 Å². The van der Waals surface area contributed by atoms with Crippen molar-refractivity contribution in [3.8, 4) is 0 Å². The third kappa shape index (κ3) is 6.35. The predicted molar refractivity (Wildman–Crippen MR) is 124 cm³/mol. The molecule has 1 fully saturated rings. The van der Waals surface area contributed by atoms with E-state index in [0.717, 1.165) is 56.2 Å². The van der Waals surface area contributed by atoms with Gasteiger partial charge in [-0.05, 0) is 45.2 Å². The Labute approximate surface area is 183 Å². The molecule has 1 amide bonds. The molecule has 1 aliphatic carbocycles. The third-order valence-corrected chi connectivity index (χ3v) is 4.66. The lowest BCUT2D eigenvalue weighted by atomic mass is 10.3. The molecular weight excluding hydrogens is 467 g/mol. The second-order valence-corrected chi connectivity index (χ2v) is 6.91. The van der Waals surface area contributed by atoms with Gasteiger partial charge in [0, 0.05) is 38.6 Å². The highest BCUT2D eigenvalue weighted by Crippen LogP contribution is 2.28. The van der Waals surface area contributed by atoms with Gasteiger partial charge in [0.05, 0.1) is 11.0 Å². The maximum absolute atomic E-state index is 11.6. The first-order valence-corrected chi connectivity index (χ1v) is 9.90. The van der Waals surface area contributed by atoms with Crippen molar-refractivity contribution in [2.45, 2.75) is 39.7 Å². The first-order chi connectivity index (χ1) is 13.2. The van der Waals surface area contributed by atoms with Crippen LogP contribution in [0.4, 0.5) is 0 Å². The average molecular weight is 498 g/mol. The predicted octanol–water partition coefficient (Wildman–Crippen LogP) is 2.43. The molecule has 1 aromatic heterocycles. The minimum atomic E-state index is 0. The fraction of sp³-hybridized carbons (Fsp3) is 0.550. The first kappa shape index (κ1) is 22.4. The van der Waals surface area contributed by atoms with Gasteiger partial charge in [0.15, 0.2) is 5.96 Å². The van der Waals surface area contributed by atoms with Crippen molar-refractivity contribution in [3.63, 3.8) is 0 Å².